The van der Waals surface area contributed by atoms with Gasteiger partial charge in [-0.05, 0) is 6.42 Å². The van der Waals surface area contributed by atoms with Gasteiger partial charge in [0.05, 0.1) is 0 Å². The van der Waals surface area contributed by atoms with Crippen LogP contribution in [0.1, 0.15) is 6.42 Å². The van der Waals surface area contributed by atoms with Gasteiger partial charge in [0.1, 0.15) is 0 Å². The van der Waals surface area contributed by atoms with Crippen molar-refractivity contribution >= 4 is 14.9 Å². The van der Waals surface area contributed by atoms with Crippen LogP contribution in [0.15, 0.2) is 0 Å². The van der Waals surface area contributed by atoms with E-state index >= 15 is 0 Å². The highest BCUT2D eigenvalue weighted by molar-refractivity contribution is 7.68. The van der Waals surface area contributed by atoms with E-state index in [1.807, 2.05) is 0 Å². The molecule has 1 rings (SSSR count). The van der Waals surface area contributed by atoms with Crippen LogP contribution < -0.4 is 0 Å². The molecular formula is C7H15O7P2+. The molecule has 0 amide bonds. The minimum atomic E-state index is -3.69. The second-order valence-corrected chi connectivity index (χ2v) is 8.66. The number of aliphatic hydroxyl groups is 5. The van der Waals surface area contributed by atoms with E-state index < -0.39 is 38.3 Å². The molecule has 1 aliphatic heterocycles. The van der Waals surface area contributed by atoms with E-state index in [9.17, 15) is 29.6 Å². The molecule has 5 N–H and O–H groups in total. The predicted molar refractivity (Wildman–Crippen MR) is 55.8 cm³/mol. The van der Waals surface area contributed by atoms with Crippen LogP contribution in [-0.4, -0.2) is 61.7 Å². The summed E-state index contributed by atoms with van der Waals surface area (Å²) in [6.45, 7) is -0.290. The average Bonchev–Trinajstić information content (AvgIpc) is 2.29. The van der Waals surface area contributed by atoms with Crippen molar-refractivity contribution in [2.24, 2.45) is 0 Å². The van der Waals surface area contributed by atoms with Crippen molar-refractivity contribution in [1.29, 1.82) is 0 Å². The first-order valence-corrected chi connectivity index (χ1v) is 8.16. The van der Waals surface area contributed by atoms with Gasteiger partial charge in [0.15, 0.2) is 18.8 Å². The average molecular weight is 273 g/mol. The summed E-state index contributed by atoms with van der Waals surface area (Å²) in [4.78, 5) is 0. The summed E-state index contributed by atoms with van der Waals surface area (Å²) in [5, 5.41) is 46.3. The minimum Gasteiger partial charge on any atom is -0.396 e. The third-order valence-corrected chi connectivity index (χ3v) is 8.07. The molecule has 7 nitrogen and oxygen atoms in total. The minimum absolute atomic E-state index is 0.0572. The van der Waals surface area contributed by atoms with Crippen LogP contribution in [0.5, 0.6) is 0 Å². The highest BCUT2D eigenvalue weighted by Crippen LogP contribution is 2.65. The lowest BCUT2D eigenvalue weighted by Crippen LogP contribution is -2.41. The first kappa shape index (κ1) is 14.2. The summed E-state index contributed by atoms with van der Waals surface area (Å²) in [6.07, 6.45) is -0.162. The first-order valence-electron chi connectivity index (χ1n) is 4.73. The van der Waals surface area contributed by atoms with E-state index in [-0.39, 0.29) is 19.2 Å². The molecule has 1 aliphatic rings. The van der Waals surface area contributed by atoms with E-state index in [1.54, 1.807) is 0 Å². The molecule has 16 heavy (non-hydrogen) atoms. The van der Waals surface area contributed by atoms with Gasteiger partial charge in [0.25, 0.3) is 11.7 Å². The van der Waals surface area contributed by atoms with Gasteiger partial charge in [-0.3, -0.25) is 0 Å². The van der Waals surface area contributed by atoms with Gasteiger partial charge in [-0.15, -0.1) is 0 Å². The third-order valence-electron chi connectivity index (χ3n) is 2.62. The molecule has 1 heterocycles. The number of rotatable bonds is 3. The van der Waals surface area contributed by atoms with Crippen LogP contribution in [0.4, 0.5) is 0 Å². The fourth-order valence-electron chi connectivity index (χ4n) is 1.61. The summed E-state index contributed by atoms with van der Waals surface area (Å²) in [5.74, 6) is -7.25. The fraction of sp³-hybridized carbons (Fsp3) is 1.00. The third kappa shape index (κ3) is 2.22. The highest BCUT2D eigenvalue weighted by Gasteiger charge is 2.62. The van der Waals surface area contributed by atoms with Gasteiger partial charge in [-0.1, -0.05) is 4.57 Å². The maximum absolute atomic E-state index is 12.2. The summed E-state index contributed by atoms with van der Waals surface area (Å²) in [7, 11) is -6.33. The molecule has 0 saturated carbocycles. The first-order chi connectivity index (χ1) is 7.36. The van der Waals surface area contributed by atoms with E-state index in [0.29, 0.717) is 0 Å². The summed E-state index contributed by atoms with van der Waals surface area (Å²) >= 11 is 0. The van der Waals surface area contributed by atoms with Gasteiger partial charge < -0.3 is 30.1 Å². The maximum atomic E-state index is 12.2. The fourth-order valence-corrected chi connectivity index (χ4v) is 6.97. The summed E-state index contributed by atoms with van der Waals surface area (Å²) < 4.78 is 23.4. The van der Waals surface area contributed by atoms with Gasteiger partial charge >= 0.3 is 7.80 Å². The molecule has 0 aromatic heterocycles. The molecule has 0 aliphatic carbocycles. The van der Waals surface area contributed by atoms with E-state index in [4.69, 9.17) is 5.11 Å². The second-order valence-electron chi connectivity index (χ2n) is 3.67. The van der Waals surface area contributed by atoms with E-state index in [1.165, 1.54) is 0 Å². The Kier molecular flexibility index (Phi) is 4.60. The normalized spacial score (nSPS) is 46.9. The largest absolute Gasteiger partial charge is 0.408 e. The van der Waals surface area contributed by atoms with Crippen LogP contribution in [-0.2, 0) is 9.13 Å². The molecule has 4 unspecified atom stereocenters. The zero-order chi connectivity index (χ0) is 12.5. The van der Waals surface area contributed by atoms with Crippen LogP contribution in [0.2, 0.25) is 0 Å². The Morgan fingerprint density at radius 2 is 1.50 bits per heavy atom. The van der Waals surface area contributed by atoms with E-state index in [2.05, 4.69) is 0 Å². The van der Waals surface area contributed by atoms with Crippen molar-refractivity contribution < 1.29 is 34.7 Å². The lowest BCUT2D eigenvalue weighted by molar-refractivity contribution is 0.0667. The predicted octanol–water partition coefficient (Wildman–Crippen LogP) is -1.15. The smallest absolute Gasteiger partial charge is 0.396 e. The Balaban J connectivity index is 2.98. The molecule has 1 saturated heterocycles. The van der Waals surface area contributed by atoms with Crippen molar-refractivity contribution in [3.8, 4) is 0 Å². The highest BCUT2D eigenvalue weighted by atomic mass is 31.2. The molecule has 0 aromatic rings. The summed E-state index contributed by atoms with van der Waals surface area (Å²) in [5.41, 5.74) is 0. The van der Waals surface area contributed by atoms with Crippen LogP contribution >= 0.6 is 14.9 Å². The van der Waals surface area contributed by atoms with Crippen molar-refractivity contribution in [3.63, 3.8) is 0 Å². The van der Waals surface area contributed by atoms with Gasteiger partial charge in [-0.2, -0.15) is 0 Å². The van der Waals surface area contributed by atoms with Crippen LogP contribution in [0.25, 0.3) is 0 Å². The molecule has 9 heteroatoms. The Morgan fingerprint density at radius 1 is 1.06 bits per heavy atom. The zero-order valence-electron chi connectivity index (χ0n) is 8.38. The Hall–Kier alpha value is 0.130. The van der Waals surface area contributed by atoms with Crippen molar-refractivity contribution in [3.05, 3.63) is 0 Å². The van der Waals surface area contributed by atoms with Gasteiger partial charge in [0, 0.05) is 12.8 Å². The molecule has 0 bridgehead atoms. The molecular weight excluding hydrogens is 258 g/mol. The Bertz CT molecular complexity index is 298. The van der Waals surface area contributed by atoms with Gasteiger partial charge in [-0.25, -0.2) is 0 Å². The molecule has 0 radical (unpaired) electrons. The standard InChI is InChI=1S/C7H15O7P2/c8-2-1-3-16(14)6(11)4(9)15(13)5(10)7(16)12/h4-12H,1-3H2/q+1. The molecule has 1 fully saturated rings. The number of hydrogen-bond acceptors (Lipinski definition) is 7. The topological polar surface area (TPSA) is 135 Å². The van der Waals surface area contributed by atoms with Crippen molar-refractivity contribution in [2.75, 3.05) is 12.8 Å². The SMILES string of the molecule is O=[P+]1C(O)C(O)P(=O)(CCCO)C(O)C1O. The monoisotopic (exact) mass is 273 g/mol. The lowest BCUT2D eigenvalue weighted by atomic mass is 10.5. The molecule has 0 spiro atoms. The Labute approximate surface area is 92.9 Å². The summed E-state index contributed by atoms with van der Waals surface area (Å²) in [6, 6.07) is 0. The van der Waals surface area contributed by atoms with Crippen LogP contribution in [0.3, 0.4) is 0 Å². The number of hydrogen-bond donors (Lipinski definition) is 5. The second kappa shape index (κ2) is 5.19. The maximum Gasteiger partial charge on any atom is 0.408 e. The van der Waals surface area contributed by atoms with Crippen molar-refractivity contribution in [2.45, 2.75) is 29.8 Å². The lowest BCUT2D eigenvalue weighted by Gasteiger charge is -2.31. The molecule has 0 aromatic carbocycles. The quantitative estimate of drug-likeness (QED) is 0.409. The van der Waals surface area contributed by atoms with Gasteiger partial charge in [0.2, 0.25) is 0 Å². The zero-order valence-corrected chi connectivity index (χ0v) is 10.2. The molecule has 94 valence electrons. The number of aliphatic hydroxyl groups excluding tert-OH is 5. The Morgan fingerprint density at radius 3 is 1.88 bits per heavy atom. The molecule has 4 atom stereocenters. The van der Waals surface area contributed by atoms with Crippen LogP contribution in [0, 0.1) is 0 Å². The van der Waals surface area contributed by atoms with E-state index in [0.717, 1.165) is 0 Å². The van der Waals surface area contributed by atoms with Crippen molar-refractivity contribution in [1.82, 2.24) is 0 Å².